The summed E-state index contributed by atoms with van der Waals surface area (Å²) >= 11 is 5.51. The van der Waals surface area contributed by atoms with E-state index in [0.29, 0.717) is 38.9 Å². The summed E-state index contributed by atoms with van der Waals surface area (Å²) in [5.74, 6) is -1.13. The van der Waals surface area contributed by atoms with Gasteiger partial charge in [-0.2, -0.15) is 0 Å². The number of fused-ring (bicyclic) bond motifs is 1. The smallest absolute Gasteiger partial charge is 0.247 e. The molecule has 3 saturated heterocycles. The normalized spacial score (nSPS) is 31.3. The van der Waals surface area contributed by atoms with Gasteiger partial charge in [0.05, 0.1) is 16.6 Å². The van der Waals surface area contributed by atoms with Crippen molar-refractivity contribution < 1.29 is 19.5 Å². The zero-order chi connectivity index (χ0) is 26.6. The van der Waals surface area contributed by atoms with Crippen molar-refractivity contribution in [2.45, 2.75) is 79.3 Å². The largest absolute Gasteiger partial charge is 0.396 e. The lowest BCUT2D eigenvalue weighted by Gasteiger charge is -2.40. The Morgan fingerprint density at radius 2 is 1.94 bits per heavy atom. The third kappa shape index (κ3) is 5.17. The van der Waals surface area contributed by atoms with Crippen molar-refractivity contribution in [1.29, 1.82) is 0 Å². The molecule has 0 saturated carbocycles. The van der Waals surface area contributed by atoms with Crippen molar-refractivity contribution in [3.8, 4) is 0 Å². The molecule has 3 rings (SSSR count). The van der Waals surface area contributed by atoms with Crippen LogP contribution in [-0.2, 0) is 14.4 Å². The van der Waals surface area contributed by atoms with E-state index in [-0.39, 0.29) is 40.4 Å². The van der Waals surface area contributed by atoms with Crippen LogP contribution in [0.2, 0.25) is 0 Å². The molecule has 0 radical (unpaired) electrons. The van der Waals surface area contributed by atoms with Gasteiger partial charge in [0.25, 0.3) is 0 Å². The van der Waals surface area contributed by atoms with Gasteiger partial charge in [-0.15, -0.1) is 24.9 Å². The molecule has 7 atom stereocenters. The van der Waals surface area contributed by atoms with E-state index < -0.39 is 22.6 Å². The number of alkyl halides is 1. The number of thioether (sulfide) groups is 1. The van der Waals surface area contributed by atoms with Crippen LogP contribution >= 0.6 is 27.7 Å². The molecule has 1 spiro atoms. The molecule has 7 nitrogen and oxygen atoms in total. The maximum absolute atomic E-state index is 14.3. The first-order chi connectivity index (χ1) is 17.2. The number of halogens is 1. The number of rotatable bonds is 14. The fourth-order valence-corrected chi connectivity index (χ4v) is 10.00. The SMILES string of the molecule is C=CCN(C)C(=O)[C@H]1[C@@H]2SC3(CC2Br)C(C(=O)N(CC=C)C(C)CCC)N(CCCCCO)C(=O)[C@H]13. The van der Waals surface area contributed by atoms with Gasteiger partial charge in [0.2, 0.25) is 17.7 Å². The molecular weight excluding hydrogens is 542 g/mol. The standard InChI is InChI=1S/C27H42BrN3O4S/c1-6-12-18(4)30(14-8-3)26(35)23-27-17-19(28)22(36-27)20(24(33)29(5)13-7-2)21(27)25(34)31(23)15-10-9-11-16-32/h7-8,18-23,32H,2-3,6,9-17H2,1,4-5H3/t18?,19?,20-,21+,22-,23?,27?/m1/s1. The predicted molar refractivity (Wildman–Crippen MR) is 149 cm³/mol. The summed E-state index contributed by atoms with van der Waals surface area (Å²) in [4.78, 5) is 47.4. The van der Waals surface area contributed by atoms with Crippen molar-refractivity contribution >= 4 is 45.4 Å². The molecule has 0 aliphatic carbocycles. The van der Waals surface area contributed by atoms with Crippen LogP contribution < -0.4 is 0 Å². The molecule has 0 aromatic heterocycles. The van der Waals surface area contributed by atoms with Crippen LogP contribution in [-0.4, -0.2) is 97.7 Å². The first kappa shape index (κ1) is 29.2. The summed E-state index contributed by atoms with van der Waals surface area (Å²) in [7, 11) is 1.75. The second-order valence-corrected chi connectivity index (χ2v) is 13.1. The van der Waals surface area contributed by atoms with Crippen LogP contribution in [0.3, 0.4) is 0 Å². The van der Waals surface area contributed by atoms with Crippen molar-refractivity contribution in [2.75, 3.05) is 33.3 Å². The van der Waals surface area contributed by atoms with E-state index in [9.17, 15) is 19.5 Å². The maximum atomic E-state index is 14.3. The fraction of sp³-hybridized carbons (Fsp3) is 0.741. The molecule has 4 unspecified atom stereocenters. The quantitative estimate of drug-likeness (QED) is 0.192. The Balaban J connectivity index is 2.03. The number of unbranched alkanes of at least 4 members (excludes halogenated alkanes) is 2. The van der Waals surface area contributed by atoms with E-state index in [1.165, 1.54) is 0 Å². The number of likely N-dealkylation sites (tertiary alicyclic amines) is 1. The molecule has 3 amide bonds. The lowest BCUT2D eigenvalue weighted by atomic mass is 9.70. The third-order valence-corrected chi connectivity index (χ3v) is 11.2. The van der Waals surface area contributed by atoms with Gasteiger partial charge in [-0.25, -0.2) is 0 Å². The highest BCUT2D eigenvalue weighted by Gasteiger charge is 2.75. The van der Waals surface area contributed by atoms with Crippen LogP contribution in [0.25, 0.3) is 0 Å². The van der Waals surface area contributed by atoms with Crippen molar-refractivity contribution in [2.24, 2.45) is 11.8 Å². The van der Waals surface area contributed by atoms with E-state index in [4.69, 9.17) is 0 Å². The van der Waals surface area contributed by atoms with E-state index in [1.54, 1.807) is 40.8 Å². The summed E-state index contributed by atoms with van der Waals surface area (Å²) in [6.07, 6.45) is 8.12. The Labute approximate surface area is 228 Å². The zero-order valence-corrected chi connectivity index (χ0v) is 24.3. The molecule has 9 heteroatoms. The van der Waals surface area contributed by atoms with Gasteiger partial charge >= 0.3 is 0 Å². The monoisotopic (exact) mass is 583 g/mol. The van der Waals surface area contributed by atoms with Crippen LogP contribution in [0.15, 0.2) is 25.3 Å². The minimum atomic E-state index is -0.634. The number of carbonyl (C=O) groups excluding carboxylic acids is 3. The Kier molecular flexibility index (Phi) is 10.1. The van der Waals surface area contributed by atoms with Gasteiger partial charge in [0.1, 0.15) is 6.04 Å². The predicted octanol–water partition coefficient (Wildman–Crippen LogP) is 3.46. The highest BCUT2D eigenvalue weighted by Crippen LogP contribution is 2.68. The van der Waals surface area contributed by atoms with Crippen LogP contribution in [0.5, 0.6) is 0 Å². The molecule has 3 fully saturated rings. The summed E-state index contributed by atoms with van der Waals surface area (Å²) in [5, 5.41) is 9.17. The number of aliphatic hydroxyl groups is 1. The fourth-order valence-electron chi connectivity index (χ4n) is 6.40. The summed E-state index contributed by atoms with van der Waals surface area (Å²) in [6.45, 7) is 13.2. The number of hydrogen-bond donors (Lipinski definition) is 1. The molecule has 202 valence electrons. The Hall–Kier alpha value is -1.32. The topological polar surface area (TPSA) is 81.2 Å². The average Bonchev–Trinajstić information content (AvgIpc) is 3.43. The molecule has 3 aliphatic rings. The molecule has 3 heterocycles. The second kappa shape index (κ2) is 12.5. The van der Waals surface area contributed by atoms with E-state index >= 15 is 0 Å². The average molecular weight is 585 g/mol. The highest BCUT2D eigenvalue weighted by molar-refractivity contribution is 9.09. The van der Waals surface area contributed by atoms with Crippen molar-refractivity contribution in [3.05, 3.63) is 25.3 Å². The van der Waals surface area contributed by atoms with Gasteiger partial charge in [-0.3, -0.25) is 14.4 Å². The molecular formula is C27H42BrN3O4S. The van der Waals surface area contributed by atoms with Crippen molar-refractivity contribution in [1.82, 2.24) is 14.7 Å². The molecule has 0 aromatic carbocycles. The Morgan fingerprint density at radius 3 is 2.56 bits per heavy atom. The lowest BCUT2D eigenvalue weighted by molar-refractivity contribution is -0.144. The second-order valence-electron chi connectivity index (χ2n) is 10.4. The zero-order valence-electron chi connectivity index (χ0n) is 21.9. The Bertz CT molecular complexity index is 857. The van der Waals surface area contributed by atoms with Crippen molar-refractivity contribution in [3.63, 3.8) is 0 Å². The maximum Gasteiger partial charge on any atom is 0.247 e. The van der Waals surface area contributed by atoms with Gasteiger partial charge in [0, 0.05) is 49.4 Å². The highest BCUT2D eigenvalue weighted by atomic mass is 79.9. The van der Waals surface area contributed by atoms with E-state index in [2.05, 4.69) is 42.9 Å². The molecule has 36 heavy (non-hydrogen) atoms. The molecule has 3 aliphatic heterocycles. The summed E-state index contributed by atoms with van der Waals surface area (Å²) < 4.78 is -0.634. The first-order valence-corrected chi connectivity index (χ1v) is 15.0. The minimum absolute atomic E-state index is 0.0295. The van der Waals surface area contributed by atoms with Gasteiger partial charge in [0.15, 0.2) is 0 Å². The number of nitrogens with zero attached hydrogens (tertiary/aromatic N) is 3. The number of amides is 3. The number of hydrogen-bond acceptors (Lipinski definition) is 5. The Morgan fingerprint density at radius 1 is 1.25 bits per heavy atom. The summed E-state index contributed by atoms with van der Waals surface area (Å²) in [5.41, 5.74) is 0. The van der Waals surface area contributed by atoms with Gasteiger partial charge in [-0.05, 0) is 39.0 Å². The van der Waals surface area contributed by atoms with Crippen LogP contribution in [0.4, 0.5) is 0 Å². The van der Waals surface area contributed by atoms with Gasteiger partial charge < -0.3 is 19.8 Å². The molecule has 2 bridgehead atoms. The molecule has 0 aromatic rings. The van der Waals surface area contributed by atoms with Crippen LogP contribution in [0, 0.1) is 11.8 Å². The van der Waals surface area contributed by atoms with E-state index in [1.807, 2.05) is 4.90 Å². The molecule has 1 N–H and O–H groups in total. The number of aliphatic hydroxyl groups excluding tert-OH is 1. The first-order valence-electron chi connectivity index (χ1n) is 13.2. The van der Waals surface area contributed by atoms with Gasteiger partial charge in [-0.1, -0.05) is 41.4 Å². The third-order valence-electron chi connectivity index (χ3n) is 7.99. The van der Waals surface area contributed by atoms with E-state index in [0.717, 1.165) is 19.3 Å². The number of likely N-dealkylation sites (N-methyl/N-ethyl adjacent to an activating group) is 1. The lowest BCUT2D eigenvalue weighted by Crippen LogP contribution is -2.57. The number of carbonyl (C=O) groups is 3. The van der Waals surface area contributed by atoms with Crippen LogP contribution in [0.1, 0.15) is 52.4 Å². The summed E-state index contributed by atoms with van der Waals surface area (Å²) in [6, 6.07) is -0.581. The minimum Gasteiger partial charge on any atom is -0.396 e.